The molecule has 2 aliphatic rings. The van der Waals surface area contributed by atoms with Crippen LogP contribution in [-0.4, -0.2) is 56.0 Å². The van der Waals surface area contributed by atoms with Crippen LogP contribution in [0.2, 0.25) is 5.02 Å². The number of halogens is 3. The molecule has 11 heteroatoms. The number of Topliss-reactive ketones (excluding diaryl/α,β-unsaturated/α-hetero) is 1. The van der Waals surface area contributed by atoms with Crippen LogP contribution in [0.15, 0.2) is 48.5 Å². The van der Waals surface area contributed by atoms with Crippen molar-refractivity contribution in [3.8, 4) is 5.75 Å². The van der Waals surface area contributed by atoms with Gasteiger partial charge in [-0.2, -0.15) is 0 Å². The summed E-state index contributed by atoms with van der Waals surface area (Å²) in [5.74, 6) is -0.310. The zero-order chi connectivity index (χ0) is 28.7. The van der Waals surface area contributed by atoms with Gasteiger partial charge < -0.3 is 9.47 Å². The van der Waals surface area contributed by atoms with Gasteiger partial charge in [0.1, 0.15) is 35.0 Å². The molecule has 212 valence electrons. The molecule has 2 aromatic heterocycles. The predicted octanol–water partition coefficient (Wildman–Crippen LogP) is 6.10. The molecule has 4 aromatic rings. The molecule has 0 N–H and O–H groups in total. The number of fused-ring (bicyclic) bond motifs is 1. The number of ketones is 1. The van der Waals surface area contributed by atoms with Crippen LogP contribution in [0.1, 0.15) is 53.3 Å². The number of ether oxygens (including phenoxy) is 2. The first kappa shape index (κ1) is 27.8. The van der Waals surface area contributed by atoms with Gasteiger partial charge in [0, 0.05) is 35.2 Å². The van der Waals surface area contributed by atoms with Crippen molar-refractivity contribution in [3.05, 3.63) is 88.0 Å². The summed E-state index contributed by atoms with van der Waals surface area (Å²) in [5, 5.41) is 0.251. The van der Waals surface area contributed by atoms with Gasteiger partial charge in [-0.1, -0.05) is 23.8 Å². The number of pyridine rings is 1. The maximum atomic E-state index is 14.6. The quantitative estimate of drug-likeness (QED) is 0.180. The molecule has 2 fully saturated rings. The fourth-order valence-electron chi connectivity index (χ4n) is 5.26. The fraction of sp³-hybridized carbons (Fsp3) is 0.333. The van der Waals surface area contributed by atoms with Crippen LogP contribution in [0.4, 0.5) is 8.78 Å². The summed E-state index contributed by atoms with van der Waals surface area (Å²) in [4.78, 5) is 24.4. The van der Waals surface area contributed by atoms with Crippen LogP contribution in [-0.2, 0) is 17.9 Å². The minimum atomic E-state index is -0.618. The van der Waals surface area contributed by atoms with Crippen molar-refractivity contribution < 1.29 is 23.0 Å². The first-order valence-corrected chi connectivity index (χ1v) is 14.2. The SMILES string of the molecule is CC(=O)c1ccc2nc(CN3CCC(c4ccc(F)c(COc5ccc(Cl)cc5F)n4)C3)n(C(=S)[C@@H]3CCO3)c2c1. The average Bonchev–Trinajstić information content (AvgIpc) is 3.52. The number of carbonyl (C=O) groups excluding carboxylic acids is 1. The Kier molecular flexibility index (Phi) is 7.82. The van der Waals surface area contributed by atoms with Crippen molar-refractivity contribution in [1.29, 1.82) is 0 Å². The molecule has 0 spiro atoms. The molecule has 2 aromatic carbocycles. The Bertz CT molecular complexity index is 1660. The number of carbonyl (C=O) groups is 1. The van der Waals surface area contributed by atoms with Crippen LogP contribution < -0.4 is 4.74 Å². The number of nitrogens with zero attached hydrogens (tertiary/aromatic N) is 4. The number of imidazole rings is 1. The van der Waals surface area contributed by atoms with Crippen molar-refractivity contribution in [3.63, 3.8) is 0 Å². The van der Waals surface area contributed by atoms with E-state index in [9.17, 15) is 13.6 Å². The van der Waals surface area contributed by atoms with Crippen molar-refractivity contribution in [2.24, 2.45) is 0 Å². The minimum Gasteiger partial charge on any atom is -0.484 e. The zero-order valence-corrected chi connectivity index (χ0v) is 23.9. The van der Waals surface area contributed by atoms with E-state index in [4.69, 9.17) is 38.3 Å². The second kappa shape index (κ2) is 11.5. The third-order valence-electron chi connectivity index (χ3n) is 7.58. The van der Waals surface area contributed by atoms with Gasteiger partial charge in [0.15, 0.2) is 17.3 Å². The van der Waals surface area contributed by atoms with Gasteiger partial charge in [0.05, 0.1) is 24.2 Å². The summed E-state index contributed by atoms with van der Waals surface area (Å²) < 4.78 is 41.8. The molecule has 6 rings (SSSR count). The summed E-state index contributed by atoms with van der Waals surface area (Å²) in [5.41, 5.74) is 3.03. The maximum absolute atomic E-state index is 14.6. The van der Waals surface area contributed by atoms with Crippen LogP contribution >= 0.6 is 23.8 Å². The first-order valence-electron chi connectivity index (χ1n) is 13.4. The van der Waals surface area contributed by atoms with Crippen LogP contribution in [0.3, 0.4) is 0 Å². The monoisotopic (exact) mass is 596 g/mol. The molecule has 1 unspecified atom stereocenters. The molecular formula is C30H27ClF2N4O3S. The number of hydrogen-bond donors (Lipinski definition) is 0. The number of hydrogen-bond acceptors (Lipinski definition) is 7. The molecule has 2 saturated heterocycles. The van der Waals surface area contributed by atoms with Gasteiger partial charge in [-0.3, -0.25) is 19.2 Å². The highest BCUT2D eigenvalue weighted by Gasteiger charge is 2.31. The topological polar surface area (TPSA) is 69.5 Å². The molecule has 0 saturated carbocycles. The third-order valence-corrected chi connectivity index (χ3v) is 8.26. The third kappa shape index (κ3) is 5.74. The lowest BCUT2D eigenvalue weighted by molar-refractivity contribution is -0.00581. The highest BCUT2D eigenvalue weighted by molar-refractivity contribution is 7.80. The van der Waals surface area contributed by atoms with Gasteiger partial charge in [0.25, 0.3) is 0 Å². The number of rotatable bonds is 8. The number of benzene rings is 2. The standard InChI is InChI=1S/C30H27ClF2N4O3S/c1-17(38)18-2-5-24-26(12-18)37(30(41)28-9-11-39-28)29(35-24)15-36-10-8-19(14-36)23-6-4-21(32)25(34-23)16-40-27-7-3-20(31)13-22(27)33/h2-7,12-13,19,28H,8-11,14-16H2,1H3/t19?,28-/m0/s1. The summed E-state index contributed by atoms with van der Waals surface area (Å²) in [6.45, 7) is 4.03. The molecule has 41 heavy (non-hydrogen) atoms. The van der Waals surface area contributed by atoms with E-state index in [1.54, 1.807) is 12.1 Å². The van der Waals surface area contributed by atoms with Gasteiger partial charge in [-0.05, 0) is 68.4 Å². The van der Waals surface area contributed by atoms with Crippen molar-refractivity contribution >= 4 is 45.6 Å². The van der Waals surface area contributed by atoms with E-state index in [-0.39, 0.29) is 40.9 Å². The normalized spacial score (nSPS) is 18.9. The Morgan fingerprint density at radius 3 is 2.68 bits per heavy atom. The van der Waals surface area contributed by atoms with Gasteiger partial charge in [-0.25, -0.2) is 13.8 Å². The van der Waals surface area contributed by atoms with E-state index in [2.05, 4.69) is 9.88 Å². The second-order valence-electron chi connectivity index (χ2n) is 10.4. The lowest BCUT2D eigenvalue weighted by atomic mass is 10.0. The number of thiocarbonyl (C=S) groups is 1. The fourth-order valence-corrected chi connectivity index (χ4v) is 5.80. The van der Waals surface area contributed by atoms with Gasteiger partial charge >= 0.3 is 0 Å². The van der Waals surface area contributed by atoms with Crippen molar-refractivity contribution in [1.82, 2.24) is 19.4 Å². The minimum absolute atomic E-state index is 0.0171. The van der Waals surface area contributed by atoms with Gasteiger partial charge in [-0.15, -0.1) is 0 Å². The molecule has 2 atom stereocenters. The van der Waals surface area contributed by atoms with E-state index in [0.29, 0.717) is 30.2 Å². The smallest absolute Gasteiger partial charge is 0.166 e. The predicted molar refractivity (Wildman–Crippen MR) is 155 cm³/mol. The summed E-state index contributed by atoms with van der Waals surface area (Å²) in [7, 11) is 0. The largest absolute Gasteiger partial charge is 0.484 e. The Morgan fingerprint density at radius 1 is 1.12 bits per heavy atom. The summed E-state index contributed by atoms with van der Waals surface area (Å²) in [6.07, 6.45) is 1.53. The first-order chi connectivity index (χ1) is 19.8. The Balaban J connectivity index is 1.19. The Labute approximate surface area is 246 Å². The zero-order valence-electron chi connectivity index (χ0n) is 22.3. The van der Waals surface area contributed by atoms with Crippen LogP contribution in [0, 0.1) is 11.6 Å². The number of aromatic nitrogens is 3. The van der Waals surface area contributed by atoms with Crippen molar-refractivity contribution in [2.45, 2.75) is 44.9 Å². The van der Waals surface area contributed by atoms with E-state index < -0.39 is 11.6 Å². The molecule has 0 radical (unpaired) electrons. The molecule has 0 amide bonds. The molecule has 0 bridgehead atoms. The highest BCUT2D eigenvalue weighted by atomic mass is 35.5. The average molecular weight is 597 g/mol. The lowest BCUT2D eigenvalue weighted by Crippen LogP contribution is -2.38. The van der Waals surface area contributed by atoms with Gasteiger partial charge in [0.2, 0.25) is 0 Å². The van der Waals surface area contributed by atoms with E-state index in [1.807, 2.05) is 16.7 Å². The molecule has 7 nitrogen and oxygen atoms in total. The highest BCUT2D eigenvalue weighted by Crippen LogP contribution is 2.30. The Morgan fingerprint density at radius 2 is 1.95 bits per heavy atom. The Hall–Kier alpha value is -3.31. The molecule has 2 aliphatic heterocycles. The second-order valence-corrected chi connectivity index (χ2v) is 11.2. The molecular weight excluding hydrogens is 570 g/mol. The molecule has 4 heterocycles. The number of likely N-dealkylation sites (tertiary alicyclic amines) is 1. The summed E-state index contributed by atoms with van der Waals surface area (Å²) in [6, 6.07) is 12.6. The van der Waals surface area contributed by atoms with Crippen molar-refractivity contribution in [2.75, 3.05) is 19.7 Å². The van der Waals surface area contributed by atoms with E-state index in [0.717, 1.165) is 48.0 Å². The van der Waals surface area contributed by atoms with Crippen LogP contribution in [0.5, 0.6) is 5.75 Å². The van der Waals surface area contributed by atoms with E-state index in [1.165, 1.54) is 25.1 Å². The molecule has 0 aliphatic carbocycles. The lowest BCUT2D eigenvalue weighted by Gasteiger charge is -2.28. The maximum Gasteiger partial charge on any atom is 0.166 e. The van der Waals surface area contributed by atoms with E-state index >= 15 is 0 Å². The summed E-state index contributed by atoms with van der Waals surface area (Å²) >= 11 is 11.6. The van der Waals surface area contributed by atoms with Crippen LogP contribution in [0.25, 0.3) is 11.0 Å².